The lowest BCUT2D eigenvalue weighted by Crippen LogP contribution is -2.31. The number of methoxy groups -OCH3 is 1. The van der Waals surface area contributed by atoms with Gasteiger partial charge < -0.3 is 14.5 Å². The fourth-order valence-electron chi connectivity index (χ4n) is 3.66. The first-order valence-corrected chi connectivity index (χ1v) is 11.6. The maximum Gasteiger partial charge on any atom is 0.355 e. The third kappa shape index (κ3) is 4.11. The lowest BCUT2D eigenvalue weighted by atomic mass is 10.1. The molecule has 1 aliphatic rings. The van der Waals surface area contributed by atoms with Crippen molar-refractivity contribution >= 4 is 46.2 Å². The zero-order valence-corrected chi connectivity index (χ0v) is 19.3. The van der Waals surface area contributed by atoms with Gasteiger partial charge in [0.25, 0.3) is 5.91 Å². The molecule has 1 unspecified atom stereocenters. The van der Waals surface area contributed by atoms with Crippen LogP contribution < -0.4 is 0 Å². The molecule has 166 valence electrons. The molecule has 1 N–H and O–H groups in total. The number of nitrogens with one attached hydrogen (secondary N) is 1. The second-order valence-electron chi connectivity index (χ2n) is 7.19. The van der Waals surface area contributed by atoms with Gasteiger partial charge in [-0.15, -0.1) is 22.7 Å². The van der Waals surface area contributed by atoms with Crippen molar-refractivity contribution in [3.8, 4) is 0 Å². The van der Waals surface area contributed by atoms with Crippen LogP contribution in [0.3, 0.4) is 0 Å². The van der Waals surface area contributed by atoms with Gasteiger partial charge in [-0.1, -0.05) is 12.1 Å². The number of amides is 1. The highest BCUT2D eigenvalue weighted by atomic mass is 32.1. The Balaban J connectivity index is 1.50. The first-order chi connectivity index (χ1) is 15.4. The van der Waals surface area contributed by atoms with Crippen molar-refractivity contribution in [3.05, 3.63) is 67.3 Å². The van der Waals surface area contributed by atoms with Crippen LogP contribution in [0.15, 0.2) is 40.1 Å². The molecule has 10 heteroatoms. The molecule has 3 aromatic rings. The van der Waals surface area contributed by atoms with Gasteiger partial charge in [-0.2, -0.15) is 5.10 Å². The molecule has 0 aromatic carbocycles. The molecule has 8 nitrogen and oxygen atoms in total. The number of aryl methyl sites for hydroxylation is 1. The molecule has 4 heterocycles. The van der Waals surface area contributed by atoms with E-state index in [1.54, 1.807) is 36.5 Å². The van der Waals surface area contributed by atoms with Gasteiger partial charge in [-0.25, -0.2) is 14.6 Å². The van der Waals surface area contributed by atoms with E-state index in [1.165, 1.54) is 12.1 Å². The van der Waals surface area contributed by atoms with E-state index in [9.17, 15) is 14.4 Å². The van der Waals surface area contributed by atoms with Crippen molar-refractivity contribution in [2.24, 2.45) is 5.10 Å². The quantitative estimate of drug-likeness (QED) is 0.546. The van der Waals surface area contributed by atoms with Gasteiger partial charge in [0.05, 0.1) is 29.3 Å². The fourth-order valence-corrected chi connectivity index (χ4v) is 5.20. The molecule has 0 radical (unpaired) electrons. The molecule has 0 saturated carbocycles. The third-order valence-electron chi connectivity index (χ3n) is 5.20. The maximum absolute atomic E-state index is 13.0. The van der Waals surface area contributed by atoms with Gasteiger partial charge in [0.2, 0.25) is 0 Å². The summed E-state index contributed by atoms with van der Waals surface area (Å²) in [6, 6.07) is 7.57. The van der Waals surface area contributed by atoms with Crippen molar-refractivity contribution in [1.29, 1.82) is 0 Å². The number of rotatable bonds is 6. The summed E-state index contributed by atoms with van der Waals surface area (Å²) < 4.78 is 10.0. The molecule has 3 aromatic heterocycles. The Bertz CT molecular complexity index is 1180. The average molecular weight is 472 g/mol. The van der Waals surface area contributed by atoms with E-state index in [1.807, 2.05) is 35.0 Å². The van der Waals surface area contributed by atoms with Crippen molar-refractivity contribution in [3.63, 3.8) is 0 Å². The Morgan fingerprint density at radius 2 is 1.91 bits per heavy atom. The van der Waals surface area contributed by atoms with Crippen LogP contribution in [0, 0.1) is 13.8 Å². The zero-order valence-electron chi connectivity index (χ0n) is 17.7. The number of thiophene rings is 2. The Morgan fingerprint density at radius 1 is 1.16 bits per heavy atom. The minimum absolute atomic E-state index is 0.120. The predicted octanol–water partition coefficient (Wildman–Crippen LogP) is 4.08. The van der Waals surface area contributed by atoms with Crippen LogP contribution >= 0.6 is 22.7 Å². The number of hydrogen-bond acceptors (Lipinski definition) is 8. The highest BCUT2D eigenvalue weighted by Gasteiger charge is 2.34. The molecule has 1 aliphatic heterocycles. The minimum Gasteiger partial charge on any atom is -0.465 e. The van der Waals surface area contributed by atoms with Gasteiger partial charge in [0, 0.05) is 17.0 Å². The number of ether oxygens (including phenoxy) is 2. The summed E-state index contributed by atoms with van der Waals surface area (Å²) in [5, 5.41) is 9.87. The van der Waals surface area contributed by atoms with Crippen LogP contribution in [0.1, 0.15) is 54.3 Å². The summed E-state index contributed by atoms with van der Waals surface area (Å²) in [6.45, 7) is 2.82. The number of hydrogen-bond donors (Lipinski definition) is 1. The van der Waals surface area contributed by atoms with Gasteiger partial charge in [-0.05, 0) is 42.3 Å². The van der Waals surface area contributed by atoms with Crippen LogP contribution in [-0.4, -0.2) is 47.3 Å². The molecule has 0 aliphatic carbocycles. The maximum atomic E-state index is 13.0. The summed E-state index contributed by atoms with van der Waals surface area (Å²) in [4.78, 5) is 42.4. The molecule has 0 spiro atoms. The topological polar surface area (TPSA) is 101 Å². The van der Waals surface area contributed by atoms with E-state index in [0.29, 0.717) is 17.7 Å². The number of nitrogens with zero attached hydrogens (tertiary/aromatic N) is 2. The highest BCUT2D eigenvalue weighted by Crippen LogP contribution is 2.36. The standard InChI is InChI=1S/C22H21N3O5S2/c1-12-19(21(27)29-3)13(2)23-20(12)22(28)30-11-18(26)25-15(17-7-5-9-32-17)10-14(24-25)16-6-4-8-31-16/h4-9,15,23H,10-11H2,1-3H3. The van der Waals surface area contributed by atoms with Crippen molar-refractivity contribution in [1.82, 2.24) is 9.99 Å². The van der Waals surface area contributed by atoms with Crippen LogP contribution in [-0.2, 0) is 14.3 Å². The SMILES string of the molecule is COC(=O)c1c(C)[nH]c(C(=O)OCC(=O)N2N=C(c3cccs3)CC2c2cccs2)c1C. The number of H-pyrrole nitrogens is 1. The molecular weight excluding hydrogens is 450 g/mol. The third-order valence-corrected chi connectivity index (χ3v) is 7.09. The summed E-state index contributed by atoms with van der Waals surface area (Å²) in [6.07, 6.45) is 0.595. The smallest absolute Gasteiger partial charge is 0.355 e. The Hall–Kier alpha value is -3.24. The van der Waals surface area contributed by atoms with E-state index in [0.717, 1.165) is 15.5 Å². The van der Waals surface area contributed by atoms with Crippen LogP contribution in [0.25, 0.3) is 0 Å². The summed E-state index contributed by atoms with van der Waals surface area (Å²) in [5.74, 6) is -1.68. The minimum atomic E-state index is -0.719. The molecule has 1 atom stereocenters. The average Bonchev–Trinajstić information content (AvgIpc) is 3.57. The number of hydrazone groups is 1. The normalized spacial score (nSPS) is 15.5. The Labute approximate surface area is 192 Å². The number of carbonyl (C=O) groups is 3. The predicted molar refractivity (Wildman–Crippen MR) is 121 cm³/mol. The highest BCUT2D eigenvalue weighted by molar-refractivity contribution is 7.12. The molecule has 1 amide bonds. The lowest BCUT2D eigenvalue weighted by molar-refractivity contribution is -0.136. The first kappa shape index (κ1) is 22.0. The van der Waals surface area contributed by atoms with E-state index in [-0.39, 0.29) is 17.3 Å². The summed E-state index contributed by atoms with van der Waals surface area (Å²) in [5.41, 5.74) is 2.15. The van der Waals surface area contributed by atoms with Crippen LogP contribution in [0.2, 0.25) is 0 Å². The number of aromatic nitrogens is 1. The number of esters is 2. The number of aromatic amines is 1. The van der Waals surface area contributed by atoms with Crippen molar-refractivity contribution in [2.45, 2.75) is 26.3 Å². The van der Waals surface area contributed by atoms with Gasteiger partial charge >= 0.3 is 11.9 Å². The largest absolute Gasteiger partial charge is 0.465 e. The fraction of sp³-hybridized carbons (Fsp3) is 0.273. The van der Waals surface area contributed by atoms with E-state index in [4.69, 9.17) is 9.47 Å². The van der Waals surface area contributed by atoms with Gasteiger partial charge in [-0.3, -0.25) is 4.79 Å². The Morgan fingerprint density at radius 3 is 2.56 bits per heavy atom. The van der Waals surface area contributed by atoms with E-state index in [2.05, 4.69) is 10.1 Å². The summed E-state index contributed by atoms with van der Waals surface area (Å²) >= 11 is 3.12. The molecule has 0 saturated heterocycles. The molecule has 0 bridgehead atoms. The van der Waals surface area contributed by atoms with Gasteiger partial charge in [0.1, 0.15) is 5.69 Å². The number of carbonyl (C=O) groups excluding carboxylic acids is 3. The second-order valence-corrected chi connectivity index (χ2v) is 9.12. The zero-order chi connectivity index (χ0) is 22.8. The van der Waals surface area contributed by atoms with Crippen LogP contribution in [0.4, 0.5) is 0 Å². The second kappa shape index (κ2) is 9.09. The summed E-state index contributed by atoms with van der Waals surface area (Å²) in [7, 11) is 1.27. The van der Waals surface area contributed by atoms with E-state index >= 15 is 0 Å². The molecule has 0 fully saturated rings. The lowest BCUT2D eigenvalue weighted by Gasteiger charge is -2.20. The van der Waals surface area contributed by atoms with Crippen molar-refractivity contribution in [2.75, 3.05) is 13.7 Å². The van der Waals surface area contributed by atoms with E-state index < -0.39 is 24.5 Å². The molecular formula is C22H21N3O5S2. The van der Waals surface area contributed by atoms with Crippen molar-refractivity contribution < 1.29 is 23.9 Å². The Kier molecular flexibility index (Phi) is 6.24. The molecule has 4 rings (SSSR count). The van der Waals surface area contributed by atoms with Gasteiger partial charge in [0.15, 0.2) is 6.61 Å². The monoisotopic (exact) mass is 471 g/mol. The molecule has 32 heavy (non-hydrogen) atoms. The first-order valence-electron chi connectivity index (χ1n) is 9.82. The van der Waals surface area contributed by atoms with Crippen LogP contribution in [0.5, 0.6) is 0 Å².